The third-order valence-corrected chi connectivity index (χ3v) is 8.02. The van der Waals surface area contributed by atoms with E-state index in [1.54, 1.807) is 12.1 Å². The molecule has 16 heteroatoms. The molecule has 0 aliphatic carbocycles. The summed E-state index contributed by atoms with van der Waals surface area (Å²) in [6.45, 7) is 17.1. The van der Waals surface area contributed by atoms with Gasteiger partial charge in [0.1, 0.15) is 7.40 Å². The first-order valence-electron chi connectivity index (χ1n) is 18.5. The molecule has 0 unspecified atom stereocenters. The number of benzene rings is 2. The quantitative estimate of drug-likeness (QED) is 0.0944. The van der Waals surface area contributed by atoms with Crippen molar-refractivity contribution in [3.05, 3.63) is 34.2 Å². The van der Waals surface area contributed by atoms with E-state index in [1.165, 1.54) is 0 Å². The maximum absolute atomic E-state index is 9.89. The number of morpholine rings is 2. The molecule has 14 nitrogen and oxygen atoms in total. The minimum Gasteiger partial charge on any atom is -0.867 e. The van der Waals surface area contributed by atoms with Crippen LogP contribution in [0.1, 0.15) is 79.1 Å². The van der Waals surface area contributed by atoms with Crippen LogP contribution in [0.5, 0.6) is 23.0 Å². The SMILES string of the molecule is CCCCOc1cc(N2CCOCC2)c(OCCCC)cc1[N+]#N.CCCCOc1cc(N2CCOCC2)c(OCCCC)cc1[N+]#N.[O-]B([O-])F. The summed E-state index contributed by atoms with van der Waals surface area (Å²) in [5, 5.41) is 35.3. The monoisotopic (exact) mass is 730 g/mol. The summed E-state index contributed by atoms with van der Waals surface area (Å²) in [4.78, 5) is 11.2. The van der Waals surface area contributed by atoms with Crippen molar-refractivity contribution in [2.45, 2.75) is 79.1 Å². The van der Waals surface area contributed by atoms with E-state index < -0.39 is 7.40 Å². The van der Waals surface area contributed by atoms with Crippen molar-refractivity contribution < 1.29 is 42.8 Å². The zero-order chi connectivity index (χ0) is 38.0. The van der Waals surface area contributed by atoms with E-state index in [9.17, 15) is 15.1 Å². The molecule has 0 atom stereocenters. The zero-order valence-corrected chi connectivity index (χ0v) is 31.4. The number of ether oxygens (including phenoxy) is 6. The highest BCUT2D eigenvalue weighted by Gasteiger charge is 2.26. The smallest absolute Gasteiger partial charge is 0.430 e. The Morgan fingerprint density at radius 1 is 0.596 bits per heavy atom. The summed E-state index contributed by atoms with van der Waals surface area (Å²) in [5.41, 5.74) is 2.78. The van der Waals surface area contributed by atoms with Crippen LogP contribution in [-0.4, -0.2) is 86.4 Å². The van der Waals surface area contributed by atoms with Crippen molar-refractivity contribution in [2.24, 2.45) is 0 Å². The van der Waals surface area contributed by atoms with E-state index in [2.05, 4.69) is 47.4 Å². The van der Waals surface area contributed by atoms with E-state index in [0.29, 0.717) is 75.7 Å². The molecular weight excluding hydrogens is 674 g/mol. The van der Waals surface area contributed by atoms with E-state index in [1.807, 2.05) is 12.1 Å². The van der Waals surface area contributed by atoms with E-state index in [0.717, 1.165) is 100 Å². The van der Waals surface area contributed by atoms with Crippen molar-refractivity contribution in [1.29, 1.82) is 10.8 Å². The summed E-state index contributed by atoms with van der Waals surface area (Å²) in [5.74, 6) is 2.66. The molecule has 0 radical (unpaired) electrons. The number of unbranched alkanes of at least 4 members (excludes halogenated alkanes) is 4. The Balaban J connectivity index is 0.000000327. The Hall–Kier alpha value is -4.09. The maximum atomic E-state index is 9.89. The maximum Gasteiger partial charge on any atom is 0.430 e. The van der Waals surface area contributed by atoms with Gasteiger partial charge < -0.3 is 52.6 Å². The number of halogens is 1. The van der Waals surface area contributed by atoms with E-state index >= 15 is 0 Å². The van der Waals surface area contributed by atoms with Crippen LogP contribution >= 0.6 is 0 Å². The lowest BCUT2D eigenvalue weighted by Gasteiger charge is -2.30. The first-order valence-corrected chi connectivity index (χ1v) is 18.5. The summed E-state index contributed by atoms with van der Waals surface area (Å²) in [7, 11) is -3.17. The largest absolute Gasteiger partial charge is 0.867 e. The summed E-state index contributed by atoms with van der Waals surface area (Å²) in [6, 6.07) is 7.39. The third-order valence-electron chi connectivity index (χ3n) is 8.02. The Morgan fingerprint density at radius 3 is 1.15 bits per heavy atom. The topological polar surface area (TPSA) is 164 Å². The Morgan fingerprint density at radius 2 is 0.885 bits per heavy atom. The van der Waals surface area contributed by atoms with Crippen molar-refractivity contribution >= 4 is 30.1 Å². The van der Waals surface area contributed by atoms with Crippen LogP contribution in [0.3, 0.4) is 0 Å². The predicted molar refractivity (Wildman–Crippen MR) is 197 cm³/mol. The van der Waals surface area contributed by atoms with Gasteiger partial charge >= 0.3 is 11.4 Å². The molecule has 2 aromatic carbocycles. The lowest BCUT2D eigenvalue weighted by molar-refractivity contribution is -0.366. The highest BCUT2D eigenvalue weighted by Crippen LogP contribution is 2.42. The van der Waals surface area contributed by atoms with Gasteiger partial charge in [0.25, 0.3) is 0 Å². The molecule has 4 rings (SSSR count). The molecule has 0 saturated carbocycles. The van der Waals surface area contributed by atoms with Crippen molar-refractivity contribution in [2.75, 3.05) is 88.8 Å². The van der Waals surface area contributed by atoms with Gasteiger partial charge in [0.05, 0.1) is 76.4 Å². The lowest BCUT2D eigenvalue weighted by atomic mass is 10.2. The molecule has 0 N–H and O–H groups in total. The van der Waals surface area contributed by atoms with Crippen LogP contribution in [0, 0.1) is 10.8 Å². The van der Waals surface area contributed by atoms with Gasteiger partial charge in [-0.1, -0.05) is 53.4 Å². The standard InChI is InChI=1S/2C18H28N3O3.BFO2/c2*1-3-5-9-23-17-14-16(21-7-11-22-12-8-21)18(13-15(17)20-19)24-10-6-4-2;2-1(3)4/h2*13-14H,3-12H2,1-2H3;/q2*+1;-2. The Kier molecular flexibility index (Phi) is 22.6. The van der Waals surface area contributed by atoms with E-state index in [4.69, 9.17) is 38.5 Å². The number of rotatable bonds is 18. The predicted octanol–water partition coefficient (Wildman–Crippen LogP) is 6.39. The molecule has 0 spiro atoms. The van der Waals surface area contributed by atoms with Crippen LogP contribution in [0.15, 0.2) is 24.3 Å². The average molecular weight is 731 g/mol. The fraction of sp³-hybridized carbons (Fsp3) is 0.667. The fourth-order valence-electron chi connectivity index (χ4n) is 5.10. The molecule has 2 fully saturated rings. The van der Waals surface area contributed by atoms with Crippen LogP contribution < -0.4 is 38.8 Å². The van der Waals surface area contributed by atoms with Gasteiger partial charge in [0, 0.05) is 38.3 Å². The van der Waals surface area contributed by atoms with Crippen LogP contribution in [-0.2, 0) is 9.47 Å². The van der Waals surface area contributed by atoms with Gasteiger partial charge in [-0.05, 0) is 25.7 Å². The highest BCUT2D eigenvalue weighted by atomic mass is 19.1. The number of nitrogens with zero attached hydrogens (tertiary/aromatic N) is 6. The lowest BCUT2D eigenvalue weighted by Crippen LogP contribution is -2.39. The third kappa shape index (κ3) is 16.1. The zero-order valence-electron chi connectivity index (χ0n) is 31.4. The second kappa shape index (κ2) is 26.7. The van der Waals surface area contributed by atoms with Gasteiger partial charge in [-0.25, -0.2) is 0 Å². The number of hydrogen-bond donors (Lipinski definition) is 0. The molecule has 0 bridgehead atoms. The van der Waals surface area contributed by atoms with Crippen LogP contribution in [0.25, 0.3) is 9.95 Å². The van der Waals surface area contributed by atoms with Gasteiger partial charge in [-0.3, -0.25) is 0 Å². The molecule has 288 valence electrons. The van der Waals surface area contributed by atoms with Crippen molar-refractivity contribution in [3.63, 3.8) is 0 Å². The summed E-state index contributed by atoms with van der Waals surface area (Å²) in [6.07, 6.45) is 8.16. The molecule has 2 aliphatic rings. The first-order chi connectivity index (χ1) is 25.3. The Bertz CT molecular complexity index is 1270. The summed E-state index contributed by atoms with van der Waals surface area (Å²) < 4.78 is 44.3. The minimum atomic E-state index is -3.17. The van der Waals surface area contributed by atoms with Crippen LogP contribution in [0.2, 0.25) is 0 Å². The van der Waals surface area contributed by atoms with Gasteiger partial charge in [-0.2, -0.15) is 0 Å². The Labute approximate surface area is 308 Å². The average Bonchev–Trinajstić information content (AvgIpc) is 3.16. The highest BCUT2D eigenvalue weighted by molar-refractivity contribution is 6.27. The van der Waals surface area contributed by atoms with Crippen molar-refractivity contribution in [1.82, 2.24) is 0 Å². The molecule has 2 heterocycles. The number of hydrogen-bond acceptors (Lipinski definition) is 12. The number of diazo groups is 2. The molecule has 0 aromatic heterocycles. The minimum absolute atomic E-state index is 0.412. The normalized spacial score (nSPS) is 13.7. The molecule has 2 aliphatic heterocycles. The second-order valence-electron chi connectivity index (χ2n) is 12.1. The van der Waals surface area contributed by atoms with Crippen LogP contribution in [0.4, 0.5) is 27.1 Å². The van der Waals surface area contributed by atoms with Gasteiger partial charge in [-0.15, -0.1) is 0 Å². The van der Waals surface area contributed by atoms with Gasteiger partial charge in [0.2, 0.25) is 22.3 Å². The molecular formula is C36H56BFN6O8. The van der Waals surface area contributed by atoms with Gasteiger partial charge in [0.15, 0.2) is 21.5 Å². The van der Waals surface area contributed by atoms with E-state index in [-0.39, 0.29) is 0 Å². The van der Waals surface area contributed by atoms with Crippen molar-refractivity contribution in [3.8, 4) is 23.0 Å². The molecule has 52 heavy (non-hydrogen) atoms. The molecule has 0 amide bonds. The number of anilines is 2. The molecule has 2 aromatic rings. The molecule has 2 saturated heterocycles. The first kappa shape index (κ1) is 44.1. The second-order valence-corrected chi connectivity index (χ2v) is 12.1. The summed E-state index contributed by atoms with van der Waals surface area (Å²) >= 11 is 0. The fourth-order valence-corrected chi connectivity index (χ4v) is 5.10.